The second kappa shape index (κ2) is 6.01. The molecule has 0 fully saturated rings. The Kier molecular flexibility index (Phi) is 4.35. The summed E-state index contributed by atoms with van der Waals surface area (Å²) in [6.45, 7) is 6.61. The van der Waals surface area contributed by atoms with Gasteiger partial charge in [0, 0.05) is 11.8 Å². The molecule has 0 atom stereocenters. The Morgan fingerprint density at radius 3 is 2.75 bits per heavy atom. The maximum atomic E-state index is 5.92. The molecule has 1 aromatic carbocycles. The number of thiocarbonyl (C=S) groups is 1. The third-order valence-electron chi connectivity index (χ3n) is 3.27. The second-order valence-corrected chi connectivity index (χ2v) is 5.31. The van der Waals surface area contributed by atoms with Gasteiger partial charge in [0.2, 0.25) is 0 Å². The van der Waals surface area contributed by atoms with E-state index in [1.807, 2.05) is 18.2 Å². The smallest absolute Gasteiger partial charge is 0.123 e. The molecule has 0 unspecified atom stereocenters. The van der Waals surface area contributed by atoms with E-state index in [2.05, 4.69) is 31.8 Å². The number of aryl methyl sites for hydroxylation is 2. The van der Waals surface area contributed by atoms with Crippen LogP contribution in [0.15, 0.2) is 30.5 Å². The van der Waals surface area contributed by atoms with E-state index in [4.69, 9.17) is 22.7 Å². The lowest BCUT2D eigenvalue weighted by Gasteiger charge is -2.13. The number of hydrogen-bond donors (Lipinski definition) is 1. The summed E-state index contributed by atoms with van der Waals surface area (Å²) in [6, 6.07) is 7.97. The number of nitrogens with two attached hydrogens (primary N) is 1. The zero-order valence-corrected chi connectivity index (χ0v) is 12.8. The minimum atomic E-state index is 0.293. The van der Waals surface area contributed by atoms with Crippen LogP contribution in [0, 0.1) is 20.8 Å². The molecule has 0 aliphatic heterocycles. The molecule has 3 nitrogen and oxygen atoms in total. The minimum Gasteiger partial charge on any atom is -0.489 e. The molecule has 0 aliphatic rings. The average molecular weight is 286 g/mol. The first-order chi connectivity index (χ1) is 9.49. The third-order valence-corrected chi connectivity index (χ3v) is 3.47. The monoisotopic (exact) mass is 286 g/mol. The Morgan fingerprint density at radius 1 is 1.30 bits per heavy atom. The minimum absolute atomic E-state index is 0.293. The van der Waals surface area contributed by atoms with Crippen LogP contribution in [0.2, 0.25) is 0 Å². The van der Waals surface area contributed by atoms with E-state index >= 15 is 0 Å². The summed E-state index contributed by atoms with van der Waals surface area (Å²) in [5.74, 6) is 0.889. The Hall–Kier alpha value is -1.94. The number of rotatable bonds is 4. The van der Waals surface area contributed by atoms with Crippen molar-refractivity contribution in [2.45, 2.75) is 27.4 Å². The second-order valence-electron chi connectivity index (χ2n) is 4.87. The fourth-order valence-electron chi connectivity index (χ4n) is 2.08. The van der Waals surface area contributed by atoms with E-state index in [0.29, 0.717) is 17.3 Å². The molecule has 1 heterocycles. The van der Waals surface area contributed by atoms with Crippen molar-refractivity contribution in [3.63, 3.8) is 0 Å². The molecular formula is C16H18N2OS. The fourth-order valence-corrected chi connectivity index (χ4v) is 2.27. The van der Waals surface area contributed by atoms with Crippen molar-refractivity contribution < 1.29 is 4.74 Å². The van der Waals surface area contributed by atoms with Crippen LogP contribution in [0.4, 0.5) is 0 Å². The zero-order valence-electron chi connectivity index (χ0n) is 11.9. The Morgan fingerprint density at radius 2 is 2.05 bits per heavy atom. The van der Waals surface area contributed by atoms with Gasteiger partial charge >= 0.3 is 0 Å². The zero-order chi connectivity index (χ0) is 14.7. The van der Waals surface area contributed by atoms with Gasteiger partial charge in [-0.2, -0.15) is 0 Å². The lowest BCUT2D eigenvalue weighted by molar-refractivity contribution is 0.303. The Bertz CT molecular complexity index is 653. The molecule has 2 N–H and O–H groups in total. The first-order valence-corrected chi connectivity index (χ1v) is 6.84. The maximum Gasteiger partial charge on any atom is 0.123 e. The number of aromatic nitrogens is 1. The van der Waals surface area contributed by atoms with Crippen LogP contribution in [0.1, 0.15) is 27.9 Å². The van der Waals surface area contributed by atoms with E-state index in [1.165, 1.54) is 11.1 Å². The standard InChI is InChI=1S/C16H18N2OS/c1-10-7-11(2)12(3)14(8-10)19-9-13-5-4-6-18-15(13)16(17)20/h4-8H,9H2,1-3H3,(H2,17,20). The topological polar surface area (TPSA) is 48.1 Å². The number of ether oxygens (including phenoxy) is 1. The van der Waals surface area contributed by atoms with Crippen molar-refractivity contribution in [2.75, 3.05) is 0 Å². The van der Waals surface area contributed by atoms with E-state index in [0.717, 1.165) is 16.9 Å². The lowest BCUT2D eigenvalue weighted by atomic mass is 10.1. The fraction of sp³-hybridized carbons (Fsp3) is 0.250. The summed E-state index contributed by atoms with van der Waals surface area (Å²) in [5, 5.41) is 0. The summed E-state index contributed by atoms with van der Waals surface area (Å²) in [6.07, 6.45) is 1.68. The van der Waals surface area contributed by atoms with Gasteiger partial charge in [-0.3, -0.25) is 4.98 Å². The highest BCUT2D eigenvalue weighted by atomic mass is 32.1. The summed E-state index contributed by atoms with van der Waals surface area (Å²) in [4.78, 5) is 4.49. The highest BCUT2D eigenvalue weighted by Gasteiger charge is 2.09. The van der Waals surface area contributed by atoms with Crippen LogP contribution in [-0.4, -0.2) is 9.97 Å². The number of nitrogens with zero attached hydrogens (tertiary/aromatic N) is 1. The third kappa shape index (κ3) is 3.14. The van der Waals surface area contributed by atoms with Gasteiger partial charge in [0.25, 0.3) is 0 Å². The van der Waals surface area contributed by atoms with E-state index in [9.17, 15) is 0 Å². The van der Waals surface area contributed by atoms with Crippen molar-refractivity contribution in [1.29, 1.82) is 0 Å². The molecule has 0 radical (unpaired) electrons. The molecule has 0 aliphatic carbocycles. The predicted octanol–water partition coefficient (Wildman–Crippen LogP) is 3.22. The molecule has 0 bridgehead atoms. The molecule has 2 aromatic rings. The van der Waals surface area contributed by atoms with Crippen LogP contribution in [0.3, 0.4) is 0 Å². The molecule has 2 rings (SSSR count). The van der Waals surface area contributed by atoms with Crippen molar-refractivity contribution in [2.24, 2.45) is 5.73 Å². The highest BCUT2D eigenvalue weighted by molar-refractivity contribution is 7.80. The molecular weight excluding hydrogens is 268 g/mol. The van der Waals surface area contributed by atoms with Crippen molar-refractivity contribution >= 4 is 17.2 Å². The molecule has 20 heavy (non-hydrogen) atoms. The predicted molar refractivity (Wildman–Crippen MR) is 85.1 cm³/mol. The largest absolute Gasteiger partial charge is 0.489 e. The van der Waals surface area contributed by atoms with Crippen LogP contribution >= 0.6 is 12.2 Å². The Balaban J connectivity index is 2.24. The van der Waals surface area contributed by atoms with Crippen LogP contribution in [0.25, 0.3) is 0 Å². The van der Waals surface area contributed by atoms with Crippen molar-refractivity contribution in [3.05, 3.63) is 58.4 Å². The summed E-state index contributed by atoms with van der Waals surface area (Å²) < 4.78 is 5.92. The summed E-state index contributed by atoms with van der Waals surface area (Å²) in [5.41, 5.74) is 10.8. The average Bonchev–Trinajstić information content (AvgIpc) is 2.41. The van der Waals surface area contributed by atoms with E-state index in [1.54, 1.807) is 6.20 Å². The molecule has 0 amide bonds. The van der Waals surface area contributed by atoms with Gasteiger partial charge in [-0.15, -0.1) is 0 Å². The first kappa shape index (κ1) is 14.5. The van der Waals surface area contributed by atoms with Gasteiger partial charge in [0.05, 0.1) is 0 Å². The SMILES string of the molecule is Cc1cc(C)c(C)c(OCc2cccnc2C(N)=S)c1. The quantitative estimate of drug-likeness (QED) is 0.877. The number of benzene rings is 1. The van der Waals surface area contributed by atoms with Gasteiger partial charge in [-0.25, -0.2) is 0 Å². The summed E-state index contributed by atoms with van der Waals surface area (Å²) in [7, 11) is 0. The van der Waals surface area contributed by atoms with Gasteiger partial charge in [-0.1, -0.05) is 24.4 Å². The maximum absolute atomic E-state index is 5.92. The van der Waals surface area contributed by atoms with Crippen LogP contribution in [-0.2, 0) is 6.61 Å². The van der Waals surface area contributed by atoms with Crippen molar-refractivity contribution in [3.8, 4) is 5.75 Å². The van der Waals surface area contributed by atoms with E-state index < -0.39 is 0 Å². The van der Waals surface area contributed by atoms with Gasteiger partial charge in [0.15, 0.2) is 0 Å². The summed E-state index contributed by atoms with van der Waals surface area (Å²) >= 11 is 5.01. The van der Waals surface area contributed by atoms with E-state index in [-0.39, 0.29) is 0 Å². The lowest BCUT2D eigenvalue weighted by Crippen LogP contribution is -2.15. The van der Waals surface area contributed by atoms with Gasteiger partial charge < -0.3 is 10.5 Å². The molecule has 0 saturated heterocycles. The molecule has 104 valence electrons. The van der Waals surface area contributed by atoms with Gasteiger partial charge in [-0.05, 0) is 49.6 Å². The number of hydrogen-bond acceptors (Lipinski definition) is 3. The molecule has 0 spiro atoms. The first-order valence-electron chi connectivity index (χ1n) is 6.43. The molecule has 1 aromatic heterocycles. The van der Waals surface area contributed by atoms with Crippen LogP contribution in [0.5, 0.6) is 5.75 Å². The van der Waals surface area contributed by atoms with Gasteiger partial charge in [0.1, 0.15) is 23.0 Å². The van der Waals surface area contributed by atoms with Crippen LogP contribution < -0.4 is 10.5 Å². The highest BCUT2D eigenvalue weighted by Crippen LogP contribution is 2.24. The van der Waals surface area contributed by atoms with Crippen molar-refractivity contribution in [1.82, 2.24) is 4.98 Å². The molecule has 0 saturated carbocycles. The molecule has 4 heteroatoms. The Labute approximate surface area is 124 Å². The normalized spacial score (nSPS) is 10.3. The number of pyridine rings is 1.